The Morgan fingerprint density at radius 1 is 1.00 bits per heavy atom. The molecular weight excluding hydrogens is 358 g/mol. The molecule has 27 heavy (non-hydrogen) atoms. The van der Waals surface area contributed by atoms with E-state index in [1.54, 1.807) is 6.33 Å². The first-order chi connectivity index (χ1) is 13.2. The molecule has 0 aliphatic carbocycles. The minimum absolute atomic E-state index is 0.0971. The molecule has 0 saturated carbocycles. The van der Waals surface area contributed by atoms with Crippen molar-refractivity contribution < 1.29 is 4.79 Å². The number of para-hydroxylation sites is 1. The monoisotopic (exact) mass is 375 g/mol. The summed E-state index contributed by atoms with van der Waals surface area (Å²) in [5, 5.41) is 3.67. The molecule has 0 saturated heterocycles. The summed E-state index contributed by atoms with van der Waals surface area (Å²) in [6, 6.07) is 23.3. The fourth-order valence-electron chi connectivity index (χ4n) is 3.02. The highest BCUT2D eigenvalue weighted by molar-refractivity contribution is 6.30. The zero-order valence-corrected chi connectivity index (χ0v) is 15.4. The molecular formula is C22H18ClN3O. The van der Waals surface area contributed by atoms with Gasteiger partial charge in [0.25, 0.3) is 5.91 Å². The van der Waals surface area contributed by atoms with Crippen LogP contribution in [0.25, 0.3) is 16.7 Å². The van der Waals surface area contributed by atoms with Crippen LogP contribution in [-0.4, -0.2) is 22.0 Å². The van der Waals surface area contributed by atoms with Crippen LogP contribution < -0.4 is 5.32 Å². The summed E-state index contributed by atoms with van der Waals surface area (Å²) in [6.45, 7) is 0.566. The normalized spacial score (nSPS) is 10.9. The van der Waals surface area contributed by atoms with Crippen molar-refractivity contribution in [3.8, 4) is 5.69 Å². The molecule has 0 bridgehead atoms. The summed E-state index contributed by atoms with van der Waals surface area (Å²) in [7, 11) is 0. The number of nitrogens with zero attached hydrogens (tertiary/aromatic N) is 2. The Labute approximate surface area is 162 Å². The number of hydrogen-bond acceptors (Lipinski definition) is 2. The minimum Gasteiger partial charge on any atom is -0.352 e. The van der Waals surface area contributed by atoms with E-state index in [1.165, 1.54) is 0 Å². The van der Waals surface area contributed by atoms with Gasteiger partial charge in [-0.05, 0) is 54.4 Å². The maximum atomic E-state index is 12.4. The molecule has 3 aromatic carbocycles. The van der Waals surface area contributed by atoms with Crippen molar-refractivity contribution in [1.82, 2.24) is 14.9 Å². The van der Waals surface area contributed by atoms with E-state index in [1.807, 2.05) is 77.4 Å². The van der Waals surface area contributed by atoms with E-state index in [2.05, 4.69) is 10.3 Å². The first kappa shape index (κ1) is 17.3. The summed E-state index contributed by atoms with van der Waals surface area (Å²) >= 11 is 5.89. The second-order valence-corrected chi connectivity index (χ2v) is 6.72. The van der Waals surface area contributed by atoms with Gasteiger partial charge in [0.05, 0.1) is 11.0 Å². The van der Waals surface area contributed by atoms with Gasteiger partial charge in [-0.15, -0.1) is 0 Å². The third-order valence-electron chi connectivity index (χ3n) is 4.46. The topological polar surface area (TPSA) is 46.9 Å². The molecule has 0 atom stereocenters. The van der Waals surface area contributed by atoms with Gasteiger partial charge in [0.2, 0.25) is 0 Å². The van der Waals surface area contributed by atoms with Gasteiger partial charge >= 0.3 is 0 Å². The van der Waals surface area contributed by atoms with Crippen molar-refractivity contribution in [2.75, 3.05) is 6.54 Å². The molecule has 4 nitrogen and oxygen atoms in total. The number of benzene rings is 3. The molecule has 0 aliphatic heterocycles. The number of imidazole rings is 1. The predicted octanol–water partition coefficient (Wildman–Crippen LogP) is 4.65. The van der Waals surface area contributed by atoms with E-state index >= 15 is 0 Å². The minimum atomic E-state index is -0.0971. The zero-order chi connectivity index (χ0) is 18.6. The molecule has 0 aliphatic rings. The summed E-state index contributed by atoms with van der Waals surface area (Å²) in [4.78, 5) is 16.9. The van der Waals surface area contributed by atoms with Crippen molar-refractivity contribution in [3.05, 3.63) is 95.3 Å². The fourth-order valence-corrected chi connectivity index (χ4v) is 3.15. The number of rotatable bonds is 5. The van der Waals surface area contributed by atoms with Crippen LogP contribution in [0.3, 0.4) is 0 Å². The van der Waals surface area contributed by atoms with Gasteiger partial charge in [0.15, 0.2) is 0 Å². The molecule has 0 radical (unpaired) electrons. The Morgan fingerprint density at radius 3 is 2.56 bits per heavy atom. The Balaban J connectivity index is 1.45. The standard InChI is InChI=1S/C22H18ClN3O/c23-18-9-6-16(7-10-18)12-13-24-22(27)17-8-11-21-20(14-17)25-15-26(21)19-4-2-1-3-5-19/h1-11,14-15H,12-13H2,(H,24,27). The van der Waals surface area contributed by atoms with E-state index in [9.17, 15) is 4.79 Å². The van der Waals surface area contributed by atoms with Crippen LogP contribution in [0.15, 0.2) is 79.1 Å². The number of fused-ring (bicyclic) bond motifs is 1. The van der Waals surface area contributed by atoms with Crippen LogP contribution in [0, 0.1) is 0 Å². The maximum absolute atomic E-state index is 12.4. The largest absolute Gasteiger partial charge is 0.352 e. The first-order valence-corrected chi connectivity index (χ1v) is 9.14. The number of halogens is 1. The van der Waals surface area contributed by atoms with Crippen molar-refractivity contribution in [2.24, 2.45) is 0 Å². The van der Waals surface area contributed by atoms with Crippen LogP contribution in [-0.2, 0) is 6.42 Å². The summed E-state index contributed by atoms with van der Waals surface area (Å²) < 4.78 is 2.01. The number of carbonyl (C=O) groups excluding carboxylic acids is 1. The lowest BCUT2D eigenvalue weighted by atomic mass is 10.1. The highest BCUT2D eigenvalue weighted by Gasteiger charge is 2.10. The number of nitrogens with one attached hydrogen (secondary N) is 1. The summed E-state index contributed by atoms with van der Waals surface area (Å²) in [5.74, 6) is -0.0971. The second kappa shape index (κ2) is 7.64. The van der Waals surface area contributed by atoms with Crippen LogP contribution in [0.5, 0.6) is 0 Å². The Kier molecular flexibility index (Phi) is 4.90. The average molecular weight is 376 g/mol. The number of hydrogen-bond donors (Lipinski definition) is 1. The van der Waals surface area contributed by atoms with Gasteiger partial charge in [-0.1, -0.05) is 41.9 Å². The molecule has 0 spiro atoms. The molecule has 0 unspecified atom stereocenters. The van der Waals surface area contributed by atoms with Gasteiger partial charge in [0.1, 0.15) is 6.33 Å². The van der Waals surface area contributed by atoms with Crippen molar-refractivity contribution >= 4 is 28.5 Å². The van der Waals surface area contributed by atoms with E-state index in [4.69, 9.17) is 11.6 Å². The first-order valence-electron chi connectivity index (χ1n) is 8.76. The molecule has 4 aromatic rings. The van der Waals surface area contributed by atoms with Crippen LogP contribution in [0.2, 0.25) is 5.02 Å². The van der Waals surface area contributed by atoms with Gasteiger partial charge < -0.3 is 5.32 Å². The number of amides is 1. The van der Waals surface area contributed by atoms with Crippen LogP contribution >= 0.6 is 11.6 Å². The van der Waals surface area contributed by atoms with Crippen molar-refractivity contribution in [2.45, 2.75) is 6.42 Å². The van der Waals surface area contributed by atoms with Gasteiger partial charge in [-0.25, -0.2) is 4.98 Å². The maximum Gasteiger partial charge on any atom is 0.251 e. The van der Waals surface area contributed by atoms with E-state index in [0.29, 0.717) is 17.1 Å². The number of aromatic nitrogens is 2. The average Bonchev–Trinajstić information content (AvgIpc) is 3.13. The molecule has 1 heterocycles. The highest BCUT2D eigenvalue weighted by atomic mass is 35.5. The van der Waals surface area contributed by atoms with Gasteiger partial charge in [-0.2, -0.15) is 0 Å². The van der Waals surface area contributed by atoms with Crippen molar-refractivity contribution in [3.63, 3.8) is 0 Å². The Hall–Kier alpha value is -3.11. The van der Waals surface area contributed by atoms with E-state index in [0.717, 1.165) is 28.7 Å². The zero-order valence-electron chi connectivity index (χ0n) is 14.6. The lowest BCUT2D eigenvalue weighted by molar-refractivity contribution is 0.0954. The SMILES string of the molecule is O=C(NCCc1ccc(Cl)cc1)c1ccc2c(c1)ncn2-c1ccccc1. The molecule has 0 fully saturated rings. The number of carbonyl (C=O) groups is 1. The molecule has 4 rings (SSSR count). The summed E-state index contributed by atoms with van der Waals surface area (Å²) in [5.41, 5.74) is 4.55. The molecule has 134 valence electrons. The third-order valence-corrected chi connectivity index (χ3v) is 4.71. The molecule has 1 aromatic heterocycles. The van der Waals surface area contributed by atoms with Gasteiger partial charge in [-0.3, -0.25) is 9.36 Å². The molecule has 1 N–H and O–H groups in total. The van der Waals surface area contributed by atoms with Crippen LogP contribution in [0.4, 0.5) is 0 Å². The molecule has 5 heteroatoms. The van der Waals surface area contributed by atoms with E-state index in [-0.39, 0.29) is 5.91 Å². The lowest BCUT2D eigenvalue weighted by Crippen LogP contribution is -2.25. The van der Waals surface area contributed by atoms with E-state index < -0.39 is 0 Å². The quantitative estimate of drug-likeness (QED) is 0.551. The summed E-state index contributed by atoms with van der Waals surface area (Å²) in [6.07, 6.45) is 2.54. The predicted molar refractivity (Wildman–Crippen MR) is 109 cm³/mol. The third kappa shape index (κ3) is 3.86. The van der Waals surface area contributed by atoms with Crippen LogP contribution in [0.1, 0.15) is 15.9 Å². The highest BCUT2D eigenvalue weighted by Crippen LogP contribution is 2.19. The Morgan fingerprint density at radius 2 is 1.78 bits per heavy atom. The van der Waals surface area contributed by atoms with Crippen molar-refractivity contribution in [1.29, 1.82) is 0 Å². The smallest absolute Gasteiger partial charge is 0.251 e. The van der Waals surface area contributed by atoms with Gasteiger partial charge in [0, 0.05) is 22.8 Å². The lowest BCUT2D eigenvalue weighted by Gasteiger charge is -2.07. The fraction of sp³-hybridized carbons (Fsp3) is 0.0909. The second-order valence-electron chi connectivity index (χ2n) is 6.29. The molecule has 1 amide bonds. The Bertz CT molecular complexity index is 1070.